The fraction of sp³-hybridized carbons (Fsp3) is 0.632. The Kier molecular flexibility index (Phi) is 8.05. The number of nitrogens with zero attached hydrogens (tertiary/aromatic N) is 3. The number of ether oxygens (including phenoxy) is 1. The van der Waals surface area contributed by atoms with Crippen molar-refractivity contribution < 1.29 is 4.74 Å². The quantitative estimate of drug-likeness (QED) is 0.612. The van der Waals surface area contributed by atoms with Crippen molar-refractivity contribution in [3.8, 4) is 0 Å². The molecule has 1 aliphatic rings. The van der Waals surface area contributed by atoms with E-state index < -0.39 is 0 Å². The number of rotatable bonds is 7. The zero-order valence-electron chi connectivity index (χ0n) is 15.4. The summed E-state index contributed by atoms with van der Waals surface area (Å²) in [5.41, 5.74) is 2.70. The van der Waals surface area contributed by atoms with Gasteiger partial charge in [0.15, 0.2) is 5.96 Å². The normalized spacial score (nSPS) is 16.2. The Morgan fingerprint density at radius 1 is 1.17 bits per heavy atom. The average Bonchev–Trinajstić information content (AvgIpc) is 2.62. The van der Waals surface area contributed by atoms with Gasteiger partial charge in [-0.3, -0.25) is 9.89 Å². The van der Waals surface area contributed by atoms with E-state index in [4.69, 9.17) is 9.73 Å². The Morgan fingerprint density at radius 3 is 2.46 bits per heavy atom. The zero-order chi connectivity index (χ0) is 17.2. The molecule has 5 nitrogen and oxygen atoms in total. The topological polar surface area (TPSA) is 40.1 Å². The number of benzene rings is 1. The van der Waals surface area contributed by atoms with Crippen molar-refractivity contribution in [3.63, 3.8) is 0 Å². The molecule has 0 saturated carbocycles. The number of hydrogen-bond donors (Lipinski definition) is 1. The molecule has 134 valence electrons. The number of aryl methyl sites for hydroxylation is 1. The molecule has 1 N–H and O–H groups in total. The lowest BCUT2D eigenvalue weighted by atomic mass is 10.1. The number of nitrogens with one attached hydrogen (secondary N) is 1. The molecule has 1 aromatic rings. The van der Waals surface area contributed by atoms with Crippen LogP contribution in [0.25, 0.3) is 0 Å². The minimum atomic E-state index is 0.821. The summed E-state index contributed by atoms with van der Waals surface area (Å²) in [6.07, 6.45) is 1.09. The zero-order valence-corrected chi connectivity index (χ0v) is 15.4. The van der Waals surface area contributed by atoms with Gasteiger partial charge in [-0.2, -0.15) is 0 Å². The number of morpholine rings is 1. The molecule has 1 aromatic carbocycles. The van der Waals surface area contributed by atoms with Crippen molar-refractivity contribution >= 4 is 5.96 Å². The van der Waals surface area contributed by atoms with Gasteiger partial charge in [-0.15, -0.1) is 0 Å². The van der Waals surface area contributed by atoms with E-state index in [-0.39, 0.29) is 0 Å². The highest BCUT2D eigenvalue weighted by atomic mass is 16.5. The van der Waals surface area contributed by atoms with Crippen LogP contribution in [0.15, 0.2) is 29.3 Å². The third-order valence-corrected chi connectivity index (χ3v) is 4.33. The van der Waals surface area contributed by atoms with Gasteiger partial charge in [-0.1, -0.05) is 31.2 Å². The van der Waals surface area contributed by atoms with E-state index in [1.165, 1.54) is 11.1 Å². The van der Waals surface area contributed by atoms with Gasteiger partial charge < -0.3 is 15.0 Å². The summed E-state index contributed by atoms with van der Waals surface area (Å²) in [5, 5.41) is 3.40. The lowest BCUT2D eigenvalue weighted by Gasteiger charge is -2.26. The molecular weight excluding hydrogens is 300 g/mol. The largest absolute Gasteiger partial charge is 0.379 e. The van der Waals surface area contributed by atoms with Crippen LogP contribution in [0.4, 0.5) is 0 Å². The van der Waals surface area contributed by atoms with Gasteiger partial charge in [0.2, 0.25) is 0 Å². The summed E-state index contributed by atoms with van der Waals surface area (Å²) in [7, 11) is 2.10. The fourth-order valence-electron chi connectivity index (χ4n) is 2.82. The van der Waals surface area contributed by atoms with Crippen LogP contribution in [-0.2, 0) is 17.7 Å². The summed E-state index contributed by atoms with van der Waals surface area (Å²) in [6.45, 7) is 11.6. The van der Waals surface area contributed by atoms with Crippen LogP contribution in [-0.4, -0.2) is 68.7 Å². The highest BCUT2D eigenvalue weighted by Crippen LogP contribution is 2.07. The minimum Gasteiger partial charge on any atom is -0.379 e. The van der Waals surface area contributed by atoms with E-state index in [9.17, 15) is 0 Å². The van der Waals surface area contributed by atoms with E-state index in [0.29, 0.717) is 0 Å². The molecule has 5 heteroatoms. The first-order chi connectivity index (χ1) is 11.7. The SMILES string of the molecule is CCNC(=NCCN1CCOCC1)N(C)Cc1ccc(CC)cc1. The second-order valence-corrected chi connectivity index (χ2v) is 6.22. The van der Waals surface area contributed by atoms with Gasteiger partial charge in [-0.25, -0.2) is 0 Å². The highest BCUT2D eigenvalue weighted by Gasteiger charge is 2.10. The van der Waals surface area contributed by atoms with E-state index in [1.54, 1.807) is 0 Å². The Morgan fingerprint density at radius 2 is 1.83 bits per heavy atom. The molecule has 24 heavy (non-hydrogen) atoms. The Labute approximate surface area is 146 Å². The summed E-state index contributed by atoms with van der Waals surface area (Å²) in [5.74, 6) is 0.977. The van der Waals surface area contributed by atoms with Crippen molar-refractivity contribution in [3.05, 3.63) is 35.4 Å². The first kappa shape index (κ1) is 18.7. The lowest BCUT2D eigenvalue weighted by Crippen LogP contribution is -2.40. The molecule has 1 saturated heterocycles. The maximum atomic E-state index is 5.39. The highest BCUT2D eigenvalue weighted by molar-refractivity contribution is 5.79. The van der Waals surface area contributed by atoms with Gasteiger partial charge >= 0.3 is 0 Å². The third kappa shape index (κ3) is 6.13. The monoisotopic (exact) mass is 332 g/mol. The molecule has 1 aliphatic heterocycles. The molecule has 0 atom stereocenters. The molecule has 0 aliphatic carbocycles. The Bertz CT molecular complexity index is 495. The van der Waals surface area contributed by atoms with E-state index in [2.05, 4.69) is 60.3 Å². The number of aliphatic imine (C=N–C) groups is 1. The molecule has 0 spiro atoms. The number of guanidine groups is 1. The first-order valence-corrected chi connectivity index (χ1v) is 9.10. The molecular formula is C19H32N4O. The van der Waals surface area contributed by atoms with Crippen LogP contribution in [0.3, 0.4) is 0 Å². The van der Waals surface area contributed by atoms with Crippen molar-refractivity contribution in [2.75, 3.05) is 53.0 Å². The molecule has 0 radical (unpaired) electrons. The molecule has 0 bridgehead atoms. The average molecular weight is 332 g/mol. The van der Waals surface area contributed by atoms with Gasteiger partial charge in [0.1, 0.15) is 0 Å². The van der Waals surface area contributed by atoms with Crippen molar-refractivity contribution in [1.82, 2.24) is 15.1 Å². The standard InChI is InChI=1S/C19H32N4O/c1-4-17-6-8-18(9-7-17)16-22(3)19(20-5-2)21-10-11-23-12-14-24-15-13-23/h6-9H,4-5,10-16H2,1-3H3,(H,20,21). The summed E-state index contributed by atoms with van der Waals surface area (Å²) in [4.78, 5) is 9.40. The maximum Gasteiger partial charge on any atom is 0.194 e. The predicted octanol–water partition coefficient (Wildman–Crippen LogP) is 1.98. The van der Waals surface area contributed by atoms with E-state index in [1.807, 2.05) is 0 Å². The third-order valence-electron chi connectivity index (χ3n) is 4.33. The smallest absolute Gasteiger partial charge is 0.194 e. The second kappa shape index (κ2) is 10.3. The summed E-state index contributed by atoms with van der Waals surface area (Å²) < 4.78 is 5.39. The minimum absolute atomic E-state index is 0.821. The van der Waals surface area contributed by atoms with Gasteiger partial charge in [0.25, 0.3) is 0 Å². The number of hydrogen-bond acceptors (Lipinski definition) is 3. The first-order valence-electron chi connectivity index (χ1n) is 9.10. The van der Waals surface area contributed by atoms with E-state index >= 15 is 0 Å². The molecule has 0 amide bonds. The van der Waals surface area contributed by atoms with Crippen LogP contribution in [0, 0.1) is 0 Å². The van der Waals surface area contributed by atoms with Crippen LogP contribution in [0.1, 0.15) is 25.0 Å². The maximum absolute atomic E-state index is 5.39. The van der Waals surface area contributed by atoms with Crippen LogP contribution in [0.5, 0.6) is 0 Å². The Hall–Kier alpha value is -1.59. The summed E-state index contributed by atoms with van der Waals surface area (Å²) in [6, 6.07) is 8.86. The van der Waals surface area contributed by atoms with Crippen LogP contribution >= 0.6 is 0 Å². The van der Waals surface area contributed by atoms with Gasteiger partial charge in [-0.05, 0) is 24.5 Å². The second-order valence-electron chi connectivity index (χ2n) is 6.22. The van der Waals surface area contributed by atoms with E-state index in [0.717, 1.165) is 64.9 Å². The molecule has 1 heterocycles. The molecule has 0 unspecified atom stereocenters. The summed E-state index contributed by atoms with van der Waals surface area (Å²) >= 11 is 0. The molecule has 0 aromatic heterocycles. The van der Waals surface area contributed by atoms with Crippen LogP contribution < -0.4 is 5.32 Å². The van der Waals surface area contributed by atoms with Crippen molar-refractivity contribution in [1.29, 1.82) is 0 Å². The molecule has 1 fully saturated rings. The van der Waals surface area contributed by atoms with Crippen molar-refractivity contribution in [2.24, 2.45) is 4.99 Å². The van der Waals surface area contributed by atoms with Gasteiger partial charge in [0, 0.05) is 39.8 Å². The Balaban J connectivity index is 1.87. The van der Waals surface area contributed by atoms with Gasteiger partial charge in [0.05, 0.1) is 19.8 Å². The van der Waals surface area contributed by atoms with Crippen LogP contribution in [0.2, 0.25) is 0 Å². The fourth-order valence-corrected chi connectivity index (χ4v) is 2.82. The molecule has 2 rings (SSSR count). The van der Waals surface area contributed by atoms with Crippen molar-refractivity contribution in [2.45, 2.75) is 26.8 Å². The lowest BCUT2D eigenvalue weighted by molar-refractivity contribution is 0.0394. The predicted molar refractivity (Wildman–Crippen MR) is 101 cm³/mol.